The highest BCUT2D eigenvalue weighted by Crippen LogP contribution is 2.25. The Hall–Kier alpha value is -3.56. The first-order valence-corrected chi connectivity index (χ1v) is 12.1. The van der Waals surface area contributed by atoms with E-state index in [2.05, 4.69) is 20.8 Å². The third kappa shape index (κ3) is 6.32. The molecule has 4 aromatic rings. The smallest absolute Gasteiger partial charge is 0.234 e. The Bertz CT molecular complexity index is 1310. The first kappa shape index (κ1) is 24.6. The number of aryl methyl sites for hydroxylation is 1. The fourth-order valence-corrected chi connectivity index (χ4v) is 4.20. The maximum absolute atomic E-state index is 13.2. The van der Waals surface area contributed by atoms with E-state index in [1.807, 2.05) is 47.9 Å². The molecule has 0 fully saturated rings. The Morgan fingerprint density at radius 3 is 2.46 bits per heavy atom. The van der Waals surface area contributed by atoms with Crippen LogP contribution in [0.15, 0.2) is 71.9 Å². The number of hydrogen-bond acceptors (Lipinski definition) is 6. The van der Waals surface area contributed by atoms with Crippen molar-refractivity contribution >= 4 is 40.6 Å². The summed E-state index contributed by atoms with van der Waals surface area (Å²) in [5.41, 5.74) is 3.14. The van der Waals surface area contributed by atoms with Gasteiger partial charge in [0.1, 0.15) is 11.6 Å². The summed E-state index contributed by atoms with van der Waals surface area (Å²) in [6, 6.07) is 18.9. The molecule has 0 radical (unpaired) electrons. The summed E-state index contributed by atoms with van der Waals surface area (Å²) in [6.07, 6.45) is 0. The summed E-state index contributed by atoms with van der Waals surface area (Å²) in [4.78, 5) is 12.6. The molecule has 4 rings (SSSR count). The van der Waals surface area contributed by atoms with Crippen molar-refractivity contribution in [1.29, 1.82) is 0 Å². The summed E-state index contributed by atoms with van der Waals surface area (Å²) in [7, 11) is 1.60. The van der Waals surface area contributed by atoms with Gasteiger partial charge in [-0.05, 0) is 73.2 Å². The minimum atomic E-state index is -0.304. The van der Waals surface area contributed by atoms with Crippen molar-refractivity contribution < 1.29 is 13.9 Å². The Balaban J connectivity index is 1.51. The monoisotopic (exact) mass is 511 g/mol. The first-order chi connectivity index (χ1) is 16.9. The van der Waals surface area contributed by atoms with Crippen molar-refractivity contribution in [2.45, 2.75) is 18.6 Å². The average Bonchev–Trinajstić information content (AvgIpc) is 3.27. The number of amides is 1. The number of nitrogens with zero attached hydrogens (tertiary/aromatic N) is 3. The molecule has 3 aromatic carbocycles. The third-order valence-electron chi connectivity index (χ3n) is 5.11. The maximum Gasteiger partial charge on any atom is 0.234 e. The van der Waals surface area contributed by atoms with E-state index < -0.39 is 0 Å². The van der Waals surface area contributed by atoms with E-state index in [1.54, 1.807) is 25.3 Å². The van der Waals surface area contributed by atoms with Crippen molar-refractivity contribution in [2.75, 3.05) is 23.5 Å². The highest BCUT2D eigenvalue weighted by Gasteiger charge is 2.16. The molecule has 2 N–H and O–H groups in total. The number of nitrogens with one attached hydrogen (secondary N) is 2. The fraction of sp³-hybridized carbons (Fsp3) is 0.160. The van der Waals surface area contributed by atoms with Gasteiger partial charge in [-0.15, -0.1) is 10.2 Å². The molecule has 0 spiro atoms. The van der Waals surface area contributed by atoms with Crippen LogP contribution in [0.4, 0.5) is 15.8 Å². The van der Waals surface area contributed by atoms with Crippen LogP contribution in [0.1, 0.15) is 11.4 Å². The molecule has 35 heavy (non-hydrogen) atoms. The second-order valence-electron chi connectivity index (χ2n) is 7.59. The van der Waals surface area contributed by atoms with Crippen LogP contribution in [-0.4, -0.2) is 33.5 Å². The van der Waals surface area contributed by atoms with Crippen LogP contribution in [0.3, 0.4) is 0 Å². The van der Waals surface area contributed by atoms with Crippen LogP contribution in [0.2, 0.25) is 5.02 Å². The maximum atomic E-state index is 13.2. The second kappa shape index (κ2) is 11.2. The molecule has 0 aliphatic heterocycles. The molecule has 0 atom stereocenters. The standard InChI is InChI=1S/C25H23ClFN5O2S/c1-16-3-6-19(13-22(16)26)29-24(33)15-35-25-31-30-23(14-28-18-7-4-17(27)5-8-18)32(25)20-9-11-21(34-2)12-10-20/h3-13,28H,14-15H2,1-2H3,(H,29,33). The lowest BCUT2D eigenvalue weighted by molar-refractivity contribution is -0.113. The van der Waals surface area contributed by atoms with E-state index >= 15 is 0 Å². The van der Waals surface area contributed by atoms with Gasteiger partial charge in [0.2, 0.25) is 5.91 Å². The number of anilines is 2. The summed E-state index contributed by atoms with van der Waals surface area (Å²) >= 11 is 7.42. The number of carbonyl (C=O) groups is 1. The van der Waals surface area contributed by atoms with Crippen molar-refractivity contribution in [3.05, 3.63) is 89.0 Å². The van der Waals surface area contributed by atoms with E-state index in [9.17, 15) is 9.18 Å². The predicted molar refractivity (Wildman–Crippen MR) is 137 cm³/mol. The van der Waals surface area contributed by atoms with Gasteiger partial charge in [0.05, 0.1) is 19.4 Å². The lowest BCUT2D eigenvalue weighted by Crippen LogP contribution is -2.15. The van der Waals surface area contributed by atoms with Crippen molar-refractivity contribution in [3.8, 4) is 11.4 Å². The molecule has 0 unspecified atom stereocenters. The number of rotatable bonds is 9. The Kier molecular flexibility index (Phi) is 7.89. The van der Waals surface area contributed by atoms with Crippen molar-refractivity contribution in [3.63, 3.8) is 0 Å². The van der Waals surface area contributed by atoms with Crippen LogP contribution in [0.25, 0.3) is 5.69 Å². The molecule has 0 saturated carbocycles. The van der Waals surface area contributed by atoms with Crippen LogP contribution in [0.5, 0.6) is 5.75 Å². The van der Waals surface area contributed by atoms with Crippen LogP contribution in [-0.2, 0) is 11.3 Å². The number of aromatic nitrogens is 3. The number of methoxy groups -OCH3 is 1. The zero-order chi connectivity index (χ0) is 24.8. The average molecular weight is 512 g/mol. The molecule has 1 aromatic heterocycles. The first-order valence-electron chi connectivity index (χ1n) is 10.7. The van der Waals surface area contributed by atoms with Crippen LogP contribution >= 0.6 is 23.4 Å². The Labute approximate surface area is 211 Å². The molecule has 1 heterocycles. The van der Waals surface area contributed by atoms with E-state index in [0.717, 1.165) is 22.7 Å². The van der Waals surface area contributed by atoms with E-state index in [4.69, 9.17) is 16.3 Å². The minimum Gasteiger partial charge on any atom is -0.497 e. The van der Waals surface area contributed by atoms with Crippen molar-refractivity contribution in [1.82, 2.24) is 14.8 Å². The molecular weight excluding hydrogens is 489 g/mol. The van der Waals surface area contributed by atoms with Gasteiger partial charge in [-0.3, -0.25) is 9.36 Å². The lowest BCUT2D eigenvalue weighted by Gasteiger charge is -2.12. The molecule has 10 heteroatoms. The largest absolute Gasteiger partial charge is 0.497 e. The minimum absolute atomic E-state index is 0.130. The predicted octanol–water partition coefficient (Wildman–Crippen LogP) is 5.72. The zero-order valence-electron chi connectivity index (χ0n) is 19.1. The van der Waals surface area contributed by atoms with E-state index in [1.165, 1.54) is 23.9 Å². The number of carbonyl (C=O) groups excluding carboxylic acids is 1. The highest BCUT2D eigenvalue weighted by atomic mass is 35.5. The number of hydrogen-bond donors (Lipinski definition) is 2. The van der Waals surface area contributed by atoms with Crippen LogP contribution in [0, 0.1) is 12.7 Å². The van der Waals surface area contributed by atoms with Gasteiger partial charge in [0.25, 0.3) is 0 Å². The third-order valence-corrected chi connectivity index (χ3v) is 6.45. The van der Waals surface area contributed by atoms with Crippen LogP contribution < -0.4 is 15.4 Å². The van der Waals surface area contributed by atoms with Gasteiger partial charge >= 0.3 is 0 Å². The lowest BCUT2D eigenvalue weighted by atomic mass is 10.2. The number of halogens is 2. The van der Waals surface area contributed by atoms with Gasteiger partial charge in [0, 0.05) is 22.1 Å². The SMILES string of the molecule is COc1ccc(-n2c(CNc3ccc(F)cc3)nnc2SCC(=O)Nc2ccc(C)c(Cl)c2)cc1. The summed E-state index contributed by atoms with van der Waals surface area (Å²) in [5.74, 6) is 0.989. The zero-order valence-corrected chi connectivity index (χ0v) is 20.7. The molecule has 180 valence electrons. The van der Waals surface area contributed by atoms with Crippen molar-refractivity contribution in [2.24, 2.45) is 0 Å². The van der Waals surface area contributed by atoms with Gasteiger partial charge < -0.3 is 15.4 Å². The Morgan fingerprint density at radius 1 is 1.06 bits per heavy atom. The summed E-state index contributed by atoms with van der Waals surface area (Å²) in [5, 5.41) is 15.9. The molecule has 0 aliphatic carbocycles. The molecule has 0 aliphatic rings. The second-order valence-corrected chi connectivity index (χ2v) is 8.94. The van der Waals surface area contributed by atoms with E-state index in [-0.39, 0.29) is 17.5 Å². The molecule has 0 bridgehead atoms. The highest BCUT2D eigenvalue weighted by molar-refractivity contribution is 7.99. The van der Waals surface area contributed by atoms with Gasteiger partial charge in [0.15, 0.2) is 11.0 Å². The number of benzene rings is 3. The molecule has 1 amide bonds. The Morgan fingerprint density at radius 2 is 1.77 bits per heavy atom. The van der Waals surface area contributed by atoms with E-state index in [0.29, 0.717) is 28.2 Å². The quantitative estimate of drug-likeness (QED) is 0.280. The number of thioether (sulfide) groups is 1. The molecule has 7 nitrogen and oxygen atoms in total. The number of ether oxygens (including phenoxy) is 1. The van der Waals surface area contributed by atoms with Gasteiger partial charge in [-0.2, -0.15) is 0 Å². The van der Waals surface area contributed by atoms with Gasteiger partial charge in [-0.1, -0.05) is 29.4 Å². The van der Waals surface area contributed by atoms with Gasteiger partial charge in [-0.25, -0.2) is 4.39 Å². The summed E-state index contributed by atoms with van der Waals surface area (Å²) < 4.78 is 20.4. The molecular formula is C25H23ClFN5O2S. The fourth-order valence-electron chi connectivity index (χ4n) is 3.25. The normalized spacial score (nSPS) is 10.7. The summed E-state index contributed by atoms with van der Waals surface area (Å²) in [6.45, 7) is 2.25. The molecule has 0 saturated heterocycles. The topological polar surface area (TPSA) is 81.1 Å².